The molecular formula is C23H22F3N7O3S. The molecule has 3 N–H and O–H groups in total. The number of carbonyl (C=O) groups excluding carboxylic acids is 1. The van der Waals surface area contributed by atoms with Gasteiger partial charge in [0.05, 0.1) is 18.4 Å². The smallest absolute Gasteiger partial charge is 0.365 e. The number of nitrogens with zero attached hydrogens (tertiary/aromatic N) is 4. The number of pyridine rings is 1. The highest BCUT2D eigenvalue weighted by Gasteiger charge is 2.37. The normalized spacial score (nSPS) is 15.2. The first-order valence-electron chi connectivity index (χ1n) is 11.3. The van der Waals surface area contributed by atoms with Crippen molar-refractivity contribution in [3.05, 3.63) is 59.5 Å². The zero-order valence-corrected chi connectivity index (χ0v) is 20.3. The van der Waals surface area contributed by atoms with Crippen molar-refractivity contribution in [1.29, 1.82) is 0 Å². The van der Waals surface area contributed by atoms with Gasteiger partial charge in [-0.05, 0) is 42.7 Å². The van der Waals surface area contributed by atoms with Crippen molar-refractivity contribution in [2.45, 2.75) is 38.0 Å². The average Bonchev–Trinajstić information content (AvgIpc) is 3.56. The Bertz CT molecular complexity index is 1480. The molecule has 1 aliphatic heterocycles. The Morgan fingerprint density at radius 1 is 1.19 bits per heavy atom. The number of nitrogens with one attached hydrogen (secondary N) is 3. The van der Waals surface area contributed by atoms with E-state index in [-0.39, 0.29) is 30.9 Å². The summed E-state index contributed by atoms with van der Waals surface area (Å²) >= 11 is 0. The molecule has 194 valence electrons. The topological polar surface area (TPSA) is 129 Å². The Hall–Kier alpha value is -3.94. The predicted octanol–water partition coefficient (Wildman–Crippen LogP) is 3.67. The standard InChI is InChI=1S/C23H22F3N7O3S/c1-37(35,36)33(16-3-4-16)19-6-7-27-10-14(19)11-28-21-17(23(24,25)26)12-29-22(32-21)30-15-2-5-18-13(8-15)9-20(34)31-18/h2,5-8,10,12,16H,3-4,9,11H2,1H3,(H,31,34)(H2,28,29,30,32). The number of anilines is 5. The van der Waals surface area contributed by atoms with Gasteiger partial charge in [-0.2, -0.15) is 18.2 Å². The van der Waals surface area contributed by atoms with Gasteiger partial charge in [0, 0.05) is 48.1 Å². The van der Waals surface area contributed by atoms with Crippen LogP contribution in [-0.4, -0.2) is 41.6 Å². The second-order valence-corrected chi connectivity index (χ2v) is 10.7. The van der Waals surface area contributed by atoms with E-state index in [4.69, 9.17) is 0 Å². The molecule has 0 radical (unpaired) electrons. The van der Waals surface area contributed by atoms with E-state index >= 15 is 0 Å². The predicted molar refractivity (Wildman–Crippen MR) is 131 cm³/mol. The highest BCUT2D eigenvalue weighted by Crippen LogP contribution is 2.37. The number of alkyl halides is 3. The Morgan fingerprint density at radius 2 is 1.97 bits per heavy atom. The van der Waals surface area contributed by atoms with Crippen molar-refractivity contribution in [3.8, 4) is 0 Å². The minimum absolute atomic E-state index is 0.0881. The van der Waals surface area contributed by atoms with Gasteiger partial charge < -0.3 is 16.0 Å². The van der Waals surface area contributed by atoms with Crippen LogP contribution >= 0.6 is 0 Å². The van der Waals surface area contributed by atoms with Crippen LogP contribution in [0.1, 0.15) is 29.5 Å². The maximum Gasteiger partial charge on any atom is 0.421 e. The van der Waals surface area contributed by atoms with Gasteiger partial charge in [-0.1, -0.05) is 0 Å². The lowest BCUT2D eigenvalue weighted by molar-refractivity contribution is -0.137. The molecule has 1 amide bonds. The fourth-order valence-corrected chi connectivity index (χ4v) is 5.41. The number of amides is 1. The molecule has 5 rings (SSSR count). The molecule has 0 atom stereocenters. The maximum absolute atomic E-state index is 13.7. The molecule has 14 heteroatoms. The summed E-state index contributed by atoms with van der Waals surface area (Å²) in [6.45, 7) is -0.159. The van der Waals surface area contributed by atoms with E-state index in [1.807, 2.05) is 0 Å². The average molecular weight is 534 g/mol. The summed E-state index contributed by atoms with van der Waals surface area (Å²) in [5, 5.41) is 8.27. The number of halogens is 3. The Labute approximate surface area is 210 Å². The molecule has 2 aromatic heterocycles. The number of rotatable bonds is 8. The van der Waals surface area contributed by atoms with Gasteiger partial charge in [0.2, 0.25) is 21.9 Å². The van der Waals surface area contributed by atoms with E-state index in [0.717, 1.165) is 11.8 Å². The summed E-state index contributed by atoms with van der Waals surface area (Å²) in [6, 6.07) is 6.37. The minimum Gasteiger partial charge on any atom is -0.365 e. The summed E-state index contributed by atoms with van der Waals surface area (Å²) in [5.41, 5.74) is 1.60. The van der Waals surface area contributed by atoms with E-state index < -0.39 is 27.6 Å². The summed E-state index contributed by atoms with van der Waals surface area (Å²) in [5.74, 6) is -0.708. The molecule has 0 bridgehead atoms. The highest BCUT2D eigenvalue weighted by atomic mass is 32.2. The highest BCUT2D eigenvalue weighted by molar-refractivity contribution is 7.92. The van der Waals surface area contributed by atoms with E-state index in [9.17, 15) is 26.4 Å². The third-order valence-electron chi connectivity index (χ3n) is 5.88. The number of carbonyl (C=O) groups is 1. The van der Waals surface area contributed by atoms with E-state index in [0.29, 0.717) is 41.7 Å². The second kappa shape index (κ2) is 9.18. The molecule has 10 nitrogen and oxygen atoms in total. The van der Waals surface area contributed by atoms with Crippen molar-refractivity contribution in [3.63, 3.8) is 0 Å². The van der Waals surface area contributed by atoms with E-state index in [1.54, 1.807) is 18.2 Å². The molecular weight excluding hydrogens is 511 g/mol. The molecule has 0 unspecified atom stereocenters. The van der Waals surface area contributed by atoms with Gasteiger partial charge >= 0.3 is 6.18 Å². The Kier molecular flexibility index (Phi) is 6.14. The van der Waals surface area contributed by atoms with Gasteiger partial charge in [-0.25, -0.2) is 13.4 Å². The molecule has 1 aromatic carbocycles. The lowest BCUT2D eigenvalue weighted by Gasteiger charge is -2.25. The SMILES string of the molecule is CS(=O)(=O)N(c1ccncc1CNc1nc(Nc2ccc3c(c2)CC(=O)N3)ncc1C(F)(F)F)C1CC1. The fraction of sp³-hybridized carbons (Fsp3) is 0.304. The van der Waals surface area contributed by atoms with Gasteiger partial charge in [-0.3, -0.25) is 14.1 Å². The van der Waals surface area contributed by atoms with Crippen LogP contribution in [-0.2, 0) is 34.0 Å². The van der Waals surface area contributed by atoms with Crippen molar-refractivity contribution >= 4 is 44.8 Å². The molecule has 3 aromatic rings. The van der Waals surface area contributed by atoms with Crippen LogP contribution in [0.4, 0.5) is 42.0 Å². The number of benzene rings is 1. The van der Waals surface area contributed by atoms with Crippen molar-refractivity contribution in [1.82, 2.24) is 15.0 Å². The fourth-order valence-electron chi connectivity index (χ4n) is 4.13. The van der Waals surface area contributed by atoms with Crippen LogP contribution < -0.4 is 20.3 Å². The number of aromatic nitrogens is 3. The van der Waals surface area contributed by atoms with Crippen LogP contribution in [0, 0.1) is 0 Å². The molecule has 1 aliphatic carbocycles. The third-order valence-corrected chi connectivity index (χ3v) is 7.09. The Morgan fingerprint density at radius 3 is 2.68 bits per heavy atom. The minimum atomic E-state index is -4.73. The number of fused-ring (bicyclic) bond motifs is 1. The zero-order valence-electron chi connectivity index (χ0n) is 19.5. The van der Waals surface area contributed by atoms with Crippen molar-refractivity contribution in [2.75, 3.05) is 26.5 Å². The van der Waals surface area contributed by atoms with Crippen LogP contribution in [0.15, 0.2) is 42.9 Å². The summed E-state index contributed by atoms with van der Waals surface area (Å²) in [4.78, 5) is 23.5. The lowest BCUT2D eigenvalue weighted by Crippen LogP contribution is -2.33. The quantitative estimate of drug-likeness (QED) is 0.400. The van der Waals surface area contributed by atoms with Crippen LogP contribution in [0.25, 0.3) is 0 Å². The van der Waals surface area contributed by atoms with Gasteiger partial charge in [-0.15, -0.1) is 0 Å². The lowest BCUT2D eigenvalue weighted by atomic mass is 10.1. The molecule has 1 saturated carbocycles. The van der Waals surface area contributed by atoms with Crippen molar-refractivity contribution in [2.24, 2.45) is 0 Å². The van der Waals surface area contributed by atoms with Crippen LogP contribution in [0.3, 0.4) is 0 Å². The monoisotopic (exact) mass is 533 g/mol. The molecule has 37 heavy (non-hydrogen) atoms. The first-order valence-corrected chi connectivity index (χ1v) is 13.1. The summed E-state index contributed by atoms with van der Waals surface area (Å²) < 4.78 is 67.3. The number of hydrogen-bond acceptors (Lipinski definition) is 8. The molecule has 1 fully saturated rings. The van der Waals surface area contributed by atoms with Crippen LogP contribution in [0.2, 0.25) is 0 Å². The van der Waals surface area contributed by atoms with Gasteiger partial charge in [0.1, 0.15) is 11.4 Å². The third kappa shape index (κ3) is 5.43. The largest absolute Gasteiger partial charge is 0.421 e. The second-order valence-electron chi connectivity index (χ2n) is 8.82. The molecule has 3 heterocycles. The van der Waals surface area contributed by atoms with Gasteiger partial charge in [0.25, 0.3) is 0 Å². The maximum atomic E-state index is 13.7. The summed E-state index contributed by atoms with van der Waals surface area (Å²) in [6.07, 6.45) is 1.49. The number of hydrogen-bond donors (Lipinski definition) is 3. The van der Waals surface area contributed by atoms with E-state index in [2.05, 4.69) is 30.9 Å². The van der Waals surface area contributed by atoms with E-state index in [1.165, 1.54) is 22.8 Å². The zero-order chi connectivity index (χ0) is 26.4. The van der Waals surface area contributed by atoms with Crippen molar-refractivity contribution < 1.29 is 26.4 Å². The number of sulfonamides is 1. The summed E-state index contributed by atoms with van der Waals surface area (Å²) in [7, 11) is -3.60. The Balaban J connectivity index is 1.42. The first kappa shape index (κ1) is 24.7. The van der Waals surface area contributed by atoms with Gasteiger partial charge in [0.15, 0.2) is 0 Å². The molecule has 0 spiro atoms. The molecule has 2 aliphatic rings. The van der Waals surface area contributed by atoms with Crippen LogP contribution in [0.5, 0.6) is 0 Å². The first-order chi connectivity index (χ1) is 17.5. The molecule has 0 saturated heterocycles.